The van der Waals surface area contributed by atoms with Gasteiger partial charge < -0.3 is 10.1 Å². The molecule has 19 heavy (non-hydrogen) atoms. The second kappa shape index (κ2) is 5.84. The molecule has 1 aromatic carbocycles. The fourth-order valence-electron chi connectivity index (χ4n) is 2.10. The van der Waals surface area contributed by atoms with E-state index in [0.29, 0.717) is 18.7 Å². The molecule has 0 spiro atoms. The largest absolute Gasteiger partial charge is 0.497 e. The van der Waals surface area contributed by atoms with E-state index in [9.17, 15) is 9.59 Å². The Bertz CT molecular complexity index is 470. The molecule has 1 amide bonds. The van der Waals surface area contributed by atoms with Crippen molar-refractivity contribution in [1.82, 2.24) is 10.2 Å². The number of hydrogen-bond donors (Lipinski definition) is 1. The molecule has 5 heteroatoms. The quantitative estimate of drug-likeness (QED) is 0.811. The van der Waals surface area contributed by atoms with Crippen LogP contribution in [0.3, 0.4) is 0 Å². The van der Waals surface area contributed by atoms with Gasteiger partial charge in [-0.15, -0.1) is 0 Å². The van der Waals surface area contributed by atoms with Crippen LogP contribution in [-0.2, 0) is 4.79 Å². The van der Waals surface area contributed by atoms with Gasteiger partial charge in [-0.25, -0.2) is 0 Å². The maximum atomic E-state index is 12.2. The number of carbonyl (C=O) groups is 2. The topological polar surface area (TPSA) is 58.6 Å². The van der Waals surface area contributed by atoms with Crippen molar-refractivity contribution < 1.29 is 14.3 Å². The average molecular weight is 262 g/mol. The number of nitrogens with one attached hydrogen (secondary N) is 1. The van der Waals surface area contributed by atoms with Crippen LogP contribution in [0.1, 0.15) is 17.3 Å². The van der Waals surface area contributed by atoms with Crippen molar-refractivity contribution in [1.29, 1.82) is 0 Å². The van der Waals surface area contributed by atoms with Crippen molar-refractivity contribution in [3.63, 3.8) is 0 Å². The van der Waals surface area contributed by atoms with E-state index >= 15 is 0 Å². The smallest absolute Gasteiger partial charge is 0.237 e. The van der Waals surface area contributed by atoms with Crippen LogP contribution in [0, 0.1) is 0 Å². The summed E-state index contributed by atoms with van der Waals surface area (Å²) in [5.41, 5.74) is 0.638. The molecule has 0 radical (unpaired) electrons. The van der Waals surface area contributed by atoms with Gasteiger partial charge in [-0.2, -0.15) is 0 Å². The van der Waals surface area contributed by atoms with Gasteiger partial charge in [-0.05, 0) is 31.2 Å². The standard InChI is InChI=1S/C14H18N2O3/c1-10-14(18)15-7-8-16(10)9-13(17)11-3-5-12(19-2)6-4-11/h3-6,10H,7-9H2,1-2H3,(H,15,18). The summed E-state index contributed by atoms with van der Waals surface area (Å²) in [5.74, 6) is 0.722. The van der Waals surface area contributed by atoms with E-state index in [0.717, 1.165) is 5.75 Å². The highest BCUT2D eigenvalue weighted by Gasteiger charge is 2.26. The first-order chi connectivity index (χ1) is 9.11. The second-order valence-corrected chi connectivity index (χ2v) is 4.59. The summed E-state index contributed by atoms with van der Waals surface area (Å²) in [7, 11) is 1.59. The average Bonchev–Trinajstić information content (AvgIpc) is 2.44. The van der Waals surface area contributed by atoms with Crippen LogP contribution in [-0.4, -0.2) is 49.4 Å². The van der Waals surface area contributed by atoms with Gasteiger partial charge in [0.05, 0.1) is 19.7 Å². The van der Waals surface area contributed by atoms with E-state index in [-0.39, 0.29) is 24.3 Å². The SMILES string of the molecule is COc1ccc(C(=O)CN2CCNC(=O)C2C)cc1. The molecule has 1 unspecified atom stereocenters. The number of amides is 1. The molecule has 1 aliphatic heterocycles. The molecule has 1 N–H and O–H groups in total. The Morgan fingerprint density at radius 3 is 2.74 bits per heavy atom. The van der Waals surface area contributed by atoms with Crippen LogP contribution >= 0.6 is 0 Å². The minimum atomic E-state index is -0.254. The Morgan fingerprint density at radius 2 is 2.11 bits per heavy atom. The minimum Gasteiger partial charge on any atom is -0.497 e. The molecule has 0 aromatic heterocycles. The zero-order valence-corrected chi connectivity index (χ0v) is 11.2. The van der Waals surface area contributed by atoms with Gasteiger partial charge in [0.2, 0.25) is 5.91 Å². The van der Waals surface area contributed by atoms with Gasteiger partial charge >= 0.3 is 0 Å². The van der Waals surface area contributed by atoms with Crippen molar-refractivity contribution in [2.45, 2.75) is 13.0 Å². The molecule has 1 saturated heterocycles. The highest BCUT2D eigenvalue weighted by Crippen LogP contribution is 2.13. The zero-order valence-electron chi connectivity index (χ0n) is 11.2. The molecule has 1 fully saturated rings. The number of benzene rings is 1. The zero-order chi connectivity index (χ0) is 13.8. The van der Waals surface area contributed by atoms with Gasteiger partial charge in [0.25, 0.3) is 0 Å². The summed E-state index contributed by atoms with van der Waals surface area (Å²) >= 11 is 0. The summed E-state index contributed by atoms with van der Waals surface area (Å²) < 4.78 is 5.06. The Balaban J connectivity index is 2.01. The molecule has 1 aromatic rings. The van der Waals surface area contributed by atoms with Gasteiger partial charge in [-0.1, -0.05) is 0 Å². The van der Waals surface area contributed by atoms with Crippen LogP contribution in [0.2, 0.25) is 0 Å². The summed E-state index contributed by atoms with van der Waals surface area (Å²) in [6, 6.07) is 6.76. The lowest BCUT2D eigenvalue weighted by atomic mass is 10.1. The van der Waals surface area contributed by atoms with Crippen molar-refractivity contribution in [2.24, 2.45) is 0 Å². The Hall–Kier alpha value is -1.88. The fraction of sp³-hybridized carbons (Fsp3) is 0.429. The highest BCUT2D eigenvalue weighted by molar-refractivity contribution is 5.98. The lowest BCUT2D eigenvalue weighted by molar-refractivity contribution is -0.127. The molecule has 1 atom stereocenters. The molecule has 1 aliphatic rings. The third-order valence-corrected chi connectivity index (χ3v) is 3.38. The maximum absolute atomic E-state index is 12.2. The third kappa shape index (κ3) is 3.12. The van der Waals surface area contributed by atoms with Crippen molar-refractivity contribution in [2.75, 3.05) is 26.7 Å². The van der Waals surface area contributed by atoms with E-state index in [2.05, 4.69) is 5.32 Å². The second-order valence-electron chi connectivity index (χ2n) is 4.59. The van der Waals surface area contributed by atoms with Gasteiger partial charge in [0, 0.05) is 18.7 Å². The number of carbonyl (C=O) groups excluding carboxylic acids is 2. The summed E-state index contributed by atoms with van der Waals surface area (Å²) in [5, 5.41) is 2.78. The predicted molar refractivity (Wildman–Crippen MR) is 71.4 cm³/mol. The third-order valence-electron chi connectivity index (χ3n) is 3.38. The van der Waals surface area contributed by atoms with Crippen LogP contribution < -0.4 is 10.1 Å². The maximum Gasteiger partial charge on any atom is 0.237 e. The monoisotopic (exact) mass is 262 g/mol. The molecule has 5 nitrogen and oxygen atoms in total. The summed E-state index contributed by atoms with van der Waals surface area (Å²) in [4.78, 5) is 25.6. The van der Waals surface area contributed by atoms with E-state index < -0.39 is 0 Å². The van der Waals surface area contributed by atoms with E-state index in [1.807, 2.05) is 11.8 Å². The Kier molecular flexibility index (Phi) is 4.16. The lowest BCUT2D eigenvalue weighted by Crippen LogP contribution is -2.55. The van der Waals surface area contributed by atoms with Crippen LogP contribution in [0.5, 0.6) is 5.75 Å². The normalized spacial score (nSPS) is 19.9. The van der Waals surface area contributed by atoms with E-state index in [1.165, 1.54) is 0 Å². The molecule has 0 saturated carbocycles. The molecule has 1 heterocycles. The highest BCUT2D eigenvalue weighted by atomic mass is 16.5. The molecule has 0 bridgehead atoms. The first-order valence-electron chi connectivity index (χ1n) is 6.31. The number of piperazine rings is 1. The number of methoxy groups -OCH3 is 1. The summed E-state index contributed by atoms with van der Waals surface area (Å²) in [6.07, 6.45) is 0. The fourth-order valence-corrected chi connectivity index (χ4v) is 2.10. The van der Waals surface area contributed by atoms with Crippen LogP contribution in [0.25, 0.3) is 0 Å². The van der Waals surface area contributed by atoms with Gasteiger partial charge in [0.1, 0.15) is 5.75 Å². The predicted octanol–water partition coefficient (Wildman–Crippen LogP) is 0.698. The number of nitrogens with zero attached hydrogens (tertiary/aromatic N) is 1. The number of rotatable bonds is 4. The lowest BCUT2D eigenvalue weighted by Gasteiger charge is -2.32. The van der Waals surface area contributed by atoms with Gasteiger partial charge in [-0.3, -0.25) is 14.5 Å². The van der Waals surface area contributed by atoms with Crippen molar-refractivity contribution >= 4 is 11.7 Å². The van der Waals surface area contributed by atoms with E-state index in [4.69, 9.17) is 4.74 Å². The van der Waals surface area contributed by atoms with Crippen LogP contribution in [0.15, 0.2) is 24.3 Å². The molecule has 0 aliphatic carbocycles. The molecule has 102 valence electrons. The summed E-state index contributed by atoms with van der Waals surface area (Å²) in [6.45, 7) is 3.38. The first-order valence-corrected chi connectivity index (χ1v) is 6.31. The number of ketones is 1. The molecular formula is C14H18N2O3. The van der Waals surface area contributed by atoms with Crippen molar-refractivity contribution in [3.8, 4) is 5.75 Å². The minimum absolute atomic E-state index is 0.0178. The number of hydrogen-bond acceptors (Lipinski definition) is 4. The number of ether oxygens (including phenoxy) is 1. The number of Topliss-reactive ketones (excluding diaryl/α,β-unsaturated/α-hetero) is 1. The van der Waals surface area contributed by atoms with Gasteiger partial charge in [0.15, 0.2) is 5.78 Å². The molecule has 2 rings (SSSR count). The van der Waals surface area contributed by atoms with Crippen LogP contribution in [0.4, 0.5) is 0 Å². The Labute approximate surface area is 112 Å². The Morgan fingerprint density at radius 1 is 1.42 bits per heavy atom. The first kappa shape index (κ1) is 13.5. The van der Waals surface area contributed by atoms with Crippen molar-refractivity contribution in [3.05, 3.63) is 29.8 Å². The molecular weight excluding hydrogens is 244 g/mol. The van der Waals surface area contributed by atoms with E-state index in [1.54, 1.807) is 31.4 Å².